The molecule has 0 radical (unpaired) electrons. The van der Waals surface area contributed by atoms with Crippen molar-refractivity contribution in [3.63, 3.8) is 0 Å². The lowest BCUT2D eigenvalue weighted by atomic mass is 9.80. The van der Waals surface area contributed by atoms with E-state index < -0.39 is 11.7 Å². The summed E-state index contributed by atoms with van der Waals surface area (Å²) in [5, 5.41) is 45.2. The molecule has 3 aromatic carbocycles. The molecule has 48 heavy (non-hydrogen) atoms. The van der Waals surface area contributed by atoms with Gasteiger partial charge in [0.25, 0.3) is 0 Å². The third-order valence-electron chi connectivity index (χ3n) is 11.6. The van der Waals surface area contributed by atoms with E-state index in [1.165, 1.54) is 44.8 Å². The molecule has 2 bridgehead atoms. The van der Waals surface area contributed by atoms with Crippen LogP contribution in [0.2, 0.25) is 0 Å². The first-order valence-electron chi connectivity index (χ1n) is 18.0. The fourth-order valence-electron chi connectivity index (χ4n) is 8.34. The SMILES string of the molecule is C[C@H](NC[C@H](O)c1ccc(O)c(CO)c1)c1ccc(COCC[N+]23CCC(CC2)[C@@H](OCC(O)(c2ccccc2)C2CCCC2)C3)cc1. The molecule has 8 nitrogen and oxygen atoms in total. The second-order valence-electron chi connectivity index (χ2n) is 14.6. The molecule has 3 saturated heterocycles. The van der Waals surface area contributed by atoms with Gasteiger partial charge in [-0.25, -0.2) is 0 Å². The quantitative estimate of drug-likeness (QED) is 0.102. The number of hydrogen-bond donors (Lipinski definition) is 5. The molecule has 1 saturated carbocycles. The van der Waals surface area contributed by atoms with Gasteiger partial charge in [-0.1, -0.05) is 73.5 Å². The van der Waals surface area contributed by atoms with Crippen LogP contribution >= 0.6 is 0 Å². The Morgan fingerprint density at radius 3 is 2.35 bits per heavy atom. The van der Waals surface area contributed by atoms with Crippen LogP contribution in [0.3, 0.4) is 0 Å². The van der Waals surface area contributed by atoms with Crippen LogP contribution < -0.4 is 5.32 Å². The highest BCUT2D eigenvalue weighted by Crippen LogP contribution is 2.42. The number of rotatable bonds is 16. The van der Waals surface area contributed by atoms with E-state index in [1.807, 2.05) is 18.2 Å². The van der Waals surface area contributed by atoms with Gasteiger partial charge in [0, 0.05) is 36.9 Å². The van der Waals surface area contributed by atoms with Crippen LogP contribution in [0.4, 0.5) is 0 Å². The summed E-state index contributed by atoms with van der Waals surface area (Å²) >= 11 is 0. The van der Waals surface area contributed by atoms with Crippen LogP contribution in [0.1, 0.15) is 85.4 Å². The van der Waals surface area contributed by atoms with Gasteiger partial charge in [-0.05, 0) is 60.1 Å². The molecule has 4 atom stereocenters. The Balaban J connectivity index is 0.951. The molecular formula is C40H55N2O6+. The predicted molar refractivity (Wildman–Crippen MR) is 186 cm³/mol. The third kappa shape index (κ3) is 8.13. The number of fused-ring (bicyclic) bond motifs is 3. The van der Waals surface area contributed by atoms with E-state index in [0.717, 1.165) is 47.1 Å². The fraction of sp³-hybridized carbons (Fsp3) is 0.550. The van der Waals surface area contributed by atoms with Crippen molar-refractivity contribution in [1.82, 2.24) is 5.32 Å². The zero-order valence-corrected chi connectivity index (χ0v) is 28.5. The molecule has 0 spiro atoms. The Bertz CT molecular complexity index is 1440. The average Bonchev–Trinajstić information content (AvgIpc) is 3.69. The van der Waals surface area contributed by atoms with Crippen molar-refractivity contribution >= 4 is 0 Å². The van der Waals surface area contributed by atoms with Gasteiger partial charge >= 0.3 is 0 Å². The molecular weight excluding hydrogens is 604 g/mol. The largest absolute Gasteiger partial charge is 0.508 e. The minimum atomic E-state index is -0.915. The number of phenols is 1. The summed E-state index contributed by atoms with van der Waals surface area (Å²) in [5.41, 5.74) is 3.40. The molecule has 3 aliphatic heterocycles. The van der Waals surface area contributed by atoms with Crippen molar-refractivity contribution in [3.05, 3.63) is 101 Å². The number of aromatic hydroxyl groups is 1. The van der Waals surface area contributed by atoms with Crippen molar-refractivity contribution < 1.29 is 34.4 Å². The van der Waals surface area contributed by atoms with Crippen LogP contribution in [-0.2, 0) is 28.3 Å². The van der Waals surface area contributed by atoms with Gasteiger partial charge in [-0.3, -0.25) is 0 Å². The first-order valence-corrected chi connectivity index (χ1v) is 18.0. The smallest absolute Gasteiger partial charge is 0.121 e. The molecule has 7 rings (SSSR count). The van der Waals surface area contributed by atoms with E-state index in [9.17, 15) is 20.4 Å². The maximum atomic E-state index is 12.0. The van der Waals surface area contributed by atoms with Gasteiger partial charge < -0.3 is 39.7 Å². The van der Waals surface area contributed by atoms with Crippen molar-refractivity contribution in [2.24, 2.45) is 11.8 Å². The standard InChI is InChI=1S/C40H54N2O6/c1-29(41-24-38(45)33-15-16-37(44)34(23-33)26-43)31-13-11-30(12-14-31)27-47-22-21-42-19-17-32(18-20-42)39(25-42)48-28-40(46,36-9-5-6-10-36)35-7-3-2-4-8-35/h2-4,7-8,11-16,23,29,32,36,38-39,41,43,45-46H,5-6,9-10,17-22,24-28H2,1H3/p+1/t29-,32?,38-,39-,40?,42?/m0/s1. The number of nitrogens with one attached hydrogen (secondary N) is 1. The maximum Gasteiger partial charge on any atom is 0.121 e. The summed E-state index contributed by atoms with van der Waals surface area (Å²) in [7, 11) is 0. The lowest BCUT2D eigenvalue weighted by Gasteiger charge is -2.52. The van der Waals surface area contributed by atoms with Crippen LogP contribution in [0.25, 0.3) is 0 Å². The molecule has 1 unspecified atom stereocenters. The highest BCUT2D eigenvalue weighted by atomic mass is 16.5. The van der Waals surface area contributed by atoms with Gasteiger partial charge in [0.2, 0.25) is 0 Å². The lowest BCUT2D eigenvalue weighted by Crippen LogP contribution is -2.65. The number of aliphatic hydroxyl groups is 3. The molecule has 0 amide bonds. The minimum Gasteiger partial charge on any atom is -0.508 e. The van der Waals surface area contributed by atoms with E-state index in [4.69, 9.17) is 9.47 Å². The van der Waals surface area contributed by atoms with Crippen LogP contribution in [-0.4, -0.2) is 77.0 Å². The second kappa shape index (κ2) is 15.8. The third-order valence-corrected chi connectivity index (χ3v) is 11.6. The molecule has 4 aliphatic rings. The van der Waals surface area contributed by atoms with Crippen LogP contribution in [0.5, 0.6) is 5.75 Å². The number of hydrogen-bond acceptors (Lipinski definition) is 7. The van der Waals surface area contributed by atoms with Gasteiger partial charge in [0.15, 0.2) is 0 Å². The van der Waals surface area contributed by atoms with Gasteiger partial charge in [-0.2, -0.15) is 0 Å². The fourth-order valence-corrected chi connectivity index (χ4v) is 8.34. The molecule has 1 aliphatic carbocycles. The van der Waals surface area contributed by atoms with E-state index in [-0.39, 0.29) is 30.4 Å². The molecule has 0 aromatic heterocycles. The van der Waals surface area contributed by atoms with E-state index >= 15 is 0 Å². The Hall–Kier alpha value is -2.82. The van der Waals surface area contributed by atoms with Crippen molar-refractivity contribution in [2.45, 2.75) is 82.5 Å². The van der Waals surface area contributed by atoms with E-state index in [1.54, 1.807) is 12.1 Å². The number of nitrogens with zero attached hydrogens (tertiary/aromatic N) is 1. The van der Waals surface area contributed by atoms with Crippen molar-refractivity contribution in [2.75, 3.05) is 45.9 Å². The summed E-state index contributed by atoms with van der Waals surface area (Å²) in [5.74, 6) is 0.873. The monoisotopic (exact) mass is 659 g/mol. The summed E-state index contributed by atoms with van der Waals surface area (Å²) in [6.07, 6.45) is 6.31. The van der Waals surface area contributed by atoms with E-state index in [2.05, 4.69) is 48.6 Å². The summed E-state index contributed by atoms with van der Waals surface area (Å²) in [6, 6.07) is 23.5. The topological polar surface area (TPSA) is 111 Å². The molecule has 260 valence electrons. The Kier molecular flexibility index (Phi) is 11.5. The van der Waals surface area contributed by atoms with Crippen LogP contribution in [0.15, 0.2) is 72.8 Å². The first kappa shape index (κ1) is 35.0. The summed E-state index contributed by atoms with van der Waals surface area (Å²) in [6.45, 7) is 8.17. The molecule has 8 heteroatoms. The lowest BCUT2D eigenvalue weighted by molar-refractivity contribution is -0.946. The van der Waals surface area contributed by atoms with Gasteiger partial charge in [0.05, 0.1) is 45.6 Å². The van der Waals surface area contributed by atoms with Crippen molar-refractivity contribution in [1.29, 1.82) is 0 Å². The van der Waals surface area contributed by atoms with Crippen LogP contribution in [0, 0.1) is 11.8 Å². The maximum absolute atomic E-state index is 12.0. The number of ether oxygens (including phenoxy) is 2. The highest BCUT2D eigenvalue weighted by molar-refractivity contribution is 5.36. The summed E-state index contributed by atoms with van der Waals surface area (Å²) in [4.78, 5) is 0. The van der Waals surface area contributed by atoms with Crippen molar-refractivity contribution in [3.8, 4) is 5.75 Å². The minimum absolute atomic E-state index is 0.0284. The zero-order valence-electron chi connectivity index (χ0n) is 28.5. The molecule has 3 heterocycles. The summed E-state index contributed by atoms with van der Waals surface area (Å²) < 4.78 is 14.0. The average molecular weight is 660 g/mol. The molecule has 3 aromatic rings. The van der Waals surface area contributed by atoms with Gasteiger partial charge in [-0.15, -0.1) is 0 Å². The Morgan fingerprint density at radius 2 is 1.65 bits per heavy atom. The first-order chi connectivity index (χ1) is 23.3. The van der Waals surface area contributed by atoms with Gasteiger partial charge in [0.1, 0.15) is 30.5 Å². The normalized spacial score (nSPS) is 25.2. The van der Waals surface area contributed by atoms with E-state index in [0.29, 0.717) is 43.4 Å². The Morgan fingerprint density at radius 1 is 0.938 bits per heavy atom. The zero-order chi connectivity index (χ0) is 33.6. The number of quaternary nitrogens is 1. The second-order valence-corrected chi connectivity index (χ2v) is 14.6. The molecule has 5 N–H and O–H groups in total. The number of aliphatic hydroxyl groups excluding tert-OH is 2. The Labute approximate surface area is 285 Å². The molecule has 4 fully saturated rings. The predicted octanol–water partition coefficient (Wildman–Crippen LogP) is 5.49. The highest BCUT2D eigenvalue weighted by Gasteiger charge is 2.48. The number of piperidine rings is 3. The number of benzene rings is 3.